The van der Waals surface area contributed by atoms with Crippen molar-refractivity contribution in [2.75, 3.05) is 11.7 Å². The highest BCUT2D eigenvalue weighted by Crippen LogP contribution is 2.40. The van der Waals surface area contributed by atoms with E-state index >= 15 is 0 Å². The Balaban J connectivity index is 1.81. The number of aromatic nitrogens is 1. The summed E-state index contributed by atoms with van der Waals surface area (Å²) < 4.78 is 48.4. The molecule has 2 aromatic carbocycles. The molecule has 5 rings (SSSR count). The number of hydrogen-bond donors (Lipinski definition) is 0. The lowest BCUT2D eigenvalue weighted by Crippen LogP contribution is -2.60. The molecule has 2 aliphatic rings. The molecule has 1 aromatic heterocycles. The number of ether oxygens (including phenoxy) is 1. The van der Waals surface area contributed by atoms with E-state index in [1.165, 1.54) is 10.9 Å². The number of rotatable bonds is 3. The topological polar surface area (TPSA) is 71.8 Å². The summed E-state index contributed by atoms with van der Waals surface area (Å²) in [5, 5.41) is 1.63. The number of carbonyl (C=O) groups excluding carboxylic acids is 2. The van der Waals surface area contributed by atoms with Crippen LogP contribution in [0.2, 0.25) is 0 Å². The van der Waals surface area contributed by atoms with Crippen molar-refractivity contribution in [1.82, 2.24) is 9.58 Å². The van der Waals surface area contributed by atoms with Gasteiger partial charge in [0.05, 0.1) is 6.04 Å². The molecule has 1 amide bonds. The van der Waals surface area contributed by atoms with E-state index in [9.17, 15) is 27.6 Å². The van der Waals surface area contributed by atoms with Gasteiger partial charge in [-0.2, -0.15) is 13.2 Å². The summed E-state index contributed by atoms with van der Waals surface area (Å²) in [5.74, 6) is -2.51. The van der Waals surface area contributed by atoms with Gasteiger partial charge in [0.2, 0.25) is 11.2 Å². The largest absolute Gasteiger partial charge is 0.420 e. The predicted molar refractivity (Wildman–Crippen MR) is 134 cm³/mol. The summed E-state index contributed by atoms with van der Waals surface area (Å²) in [7, 11) is 0. The number of benzene rings is 2. The summed E-state index contributed by atoms with van der Waals surface area (Å²) in [6.45, 7) is 3.54. The fraction of sp³-hybridized carbons (Fsp3) is 0.321. The zero-order chi connectivity index (χ0) is 27.4. The van der Waals surface area contributed by atoms with E-state index in [2.05, 4.69) is 0 Å². The SMILES string of the molecule is CC(=O)Oc1c2n(ccc1=O)N(C1c3ccccc3CCc3c(C)cccc31)CN([C@H](C)C(F)(F)F)C2=O. The molecule has 0 saturated heterocycles. The van der Waals surface area contributed by atoms with E-state index in [1.54, 1.807) is 5.01 Å². The van der Waals surface area contributed by atoms with Gasteiger partial charge in [0.25, 0.3) is 5.91 Å². The fourth-order valence-corrected chi connectivity index (χ4v) is 5.37. The highest BCUT2D eigenvalue weighted by molar-refractivity contribution is 5.97. The van der Waals surface area contributed by atoms with Gasteiger partial charge in [0, 0.05) is 19.2 Å². The van der Waals surface area contributed by atoms with Crippen LogP contribution >= 0.6 is 0 Å². The van der Waals surface area contributed by atoms with Crippen molar-refractivity contribution in [2.24, 2.45) is 0 Å². The van der Waals surface area contributed by atoms with Gasteiger partial charge < -0.3 is 9.64 Å². The average Bonchev–Trinajstić information content (AvgIpc) is 3.02. The summed E-state index contributed by atoms with van der Waals surface area (Å²) >= 11 is 0. The Morgan fingerprint density at radius 2 is 1.74 bits per heavy atom. The van der Waals surface area contributed by atoms with Crippen LogP contribution in [0.1, 0.15) is 58.2 Å². The summed E-state index contributed by atoms with van der Waals surface area (Å²) in [6.07, 6.45) is -1.91. The normalized spacial score (nSPS) is 17.7. The number of fused-ring (bicyclic) bond motifs is 3. The van der Waals surface area contributed by atoms with E-state index in [0.717, 1.165) is 60.6 Å². The van der Waals surface area contributed by atoms with Crippen LogP contribution < -0.4 is 15.2 Å². The minimum Gasteiger partial charge on any atom is -0.420 e. The molecule has 0 N–H and O–H groups in total. The van der Waals surface area contributed by atoms with E-state index in [0.29, 0.717) is 4.90 Å². The molecule has 1 aliphatic heterocycles. The Hall–Kier alpha value is -4.08. The van der Waals surface area contributed by atoms with Gasteiger partial charge in [-0.1, -0.05) is 42.5 Å². The van der Waals surface area contributed by atoms with Gasteiger partial charge in [-0.3, -0.25) is 24.1 Å². The van der Waals surface area contributed by atoms with Crippen LogP contribution in [0.4, 0.5) is 13.2 Å². The van der Waals surface area contributed by atoms with Crippen molar-refractivity contribution in [2.45, 2.75) is 51.9 Å². The lowest BCUT2D eigenvalue weighted by atomic mass is 9.92. The van der Waals surface area contributed by atoms with Gasteiger partial charge in [0.15, 0.2) is 5.69 Å². The van der Waals surface area contributed by atoms with Crippen molar-refractivity contribution in [1.29, 1.82) is 0 Å². The van der Waals surface area contributed by atoms with E-state index in [4.69, 9.17) is 4.74 Å². The number of nitrogens with zero attached hydrogens (tertiary/aromatic N) is 3. The molecule has 7 nitrogen and oxygen atoms in total. The molecule has 10 heteroatoms. The maximum absolute atomic E-state index is 14.0. The van der Waals surface area contributed by atoms with Crippen LogP contribution in [0.15, 0.2) is 59.5 Å². The molecule has 2 atom stereocenters. The first-order chi connectivity index (χ1) is 18.0. The van der Waals surface area contributed by atoms with Crippen LogP contribution in [-0.2, 0) is 17.6 Å². The quantitative estimate of drug-likeness (QED) is 0.478. The van der Waals surface area contributed by atoms with Crippen LogP contribution in [0, 0.1) is 6.92 Å². The molecular formula is C28H26F3N3O4. The zero-order valence-corrected chi connectivity index (χ0v) is 21.1. The van der Waals surface area contributed by atoms with Crippen molar-refractivity contribution in [3.63, 3.8) is 0 Å². The second kappa shape index (κ2) is 9.34. The Kier molecular flexibility index (Phi) is 6.28. The van der Waals surface area contributed by atoms with Gasteiger partial charge in [-0.05, 0) is 54.5 Å². The number of carbonyl (C=O) groups is 2. The maximum atomic E-state index is 14.0. The number of amides is 1. The second-order valence-corrected chi connectivity index (χ2v) is 9.61. The van der Waals surface area contributed by atoms with Crippen molar-refractivity contribution < 1.29 is 27.5 Å². The molecule has 0 spiro atoms. The van der Waals surface area contributed by atoms with Gasteiger partial charge in [-0.15, -0.1) is 0 Å². The number of pyridine rings is 1. The van der Waals surface area contributed by atoms with Gasteiger partial charge in [-0.25, -0.2) is 0 Å². The Labute approximate surface area is 217 Å². The van der Waals surface area contributed by atoms with Crippen molar-refractivity contribution in [3.05, 3.63) is 98.5 Å². The lowest BCUT2D eigenvalue weighted by molar-refractivity contribution is -0.173. The van der Waals surface area contributed by atoms with E-state index in [-0.39, 0.29) is 0 Å². The molecule has 2 heterocycles. The molecule has 0 bridgehead atoms. The average molecular weight is 526 g/mol. The number of aryl methyl sites for hydroxylation is 2. The summed E-state index contributed by atoms with van der Waals surface area (Å²) in [5.41, 5.74) is 3.72. The molecule has 3 aromatic rings. The molecule has 38 heavy (non-hydrogen) atoms. The third kappa shape index (κ3) is 4.23. The standard InChI is InChI=1S/C28H26F3N3O4/c1-16-7-6-10-22-20(16)12-11-19-8-4-5-9-21(19)24(22)34-15-32(17(2)28(29,30)31)27(37)25-26(38-18(3)35)23(36)13-14-33(25)34/h4-10,13-14,17,24H,11-12,15H2,1-3H3/t17-,24?/m1/s1. The van der Waals surface area contributed by atoms with Crippen LogP contribution in [0.25, 0.3) is 0 Å². The summed E-state index contributed by atoms with van der Waals surface area (Å²) in [4.78, 5) is 38.8. The first-order valence-corrected chi connectivity index (χ1v) is 12.2. The number of alkyl halides is 3. The second-order valence-electron chi connectivity index (χ2n) is 9.61. The molecule has 0 saturated carbocycles. The molecule has 1 unspecified atom stereocenters. The molecule has 0 radical (unpaired) electrons. The molecular weight excluding hydrogens is 499 g/mol. The monoisotopic (exact) mass is 525 g/mol. The van der Waals surface area contributed by atoms with Gasteiger partial charge >= 0.3 is 12.1 Å². The van der Waals surface area contributed by atoms with Crippen LogP contribution in [0.3, 0.4) is 0 Å². The highest BCUT2D eigenvalue weighted by atomic mass is 19.4. The Bertz CT molecular complexity index is 1500. The van der Waals surface area contributed by atoms with E-state index in [1.807, 2.05) is 49.4 Å². The molecule has 1 aliphatic carbocycles. The van der Waals surface area contributed by atoms with Crippen molar-refractivity contribution >= 4 is 11.9 Å². The Morgan fingerprint density at radius 3 is 2.45 bits per heavy atom. The number of esters is 1. The first-order valence-electron chi connectivity index (χ1n) is 12.2. The summed E-state index contributed by atoms with van der Waals surface area (Å²) in [6, 6.07) is 11.9. The molecule has 198 valence electrons. The third-order valence-corrected chi connectivity index (χ3v) is 7.29. The minimum absolute atomic E-state index is 0.415. The number of halogens is 3. The smallest absolute Gasteiger partial charge is 0.408 e. The van der Waals surface area contributed by atoms with Crippen LogP contribution in [0.5, 0.6) is 5.75 Å². The predicted octanol–water partition coefficient (Wildman–Crippen LogP) is 4.27. The highest BCUT2D eigenvalue weighted by Gasteiger charge is 2.48. The van der Waals surface area contributed by atoms with Gasteiger partial charge in [0.1, 0.15) is 12.7 Å². The number of hydrogen-bond acceptors (Lipinski definition) is 5. The first kappa shape index (κ1) is 25.6. The minimum atomic E-state index is -4.73. The lowest BCUT2D eigenvalue weighted by Gasteiger charge is -2.46. The van der Waals surface area contributed by atoms with Crippen molar-refractivity contribution in [3.8, 4) is 5.75 Å². The fourth-order valence-electron chi connectivity index (χ4n) is 5.37. The zero-order valence-electron chi connectivity index (χ0n) is 21.1. The van der Waals surface area contributed by atoms with E-state index < -0.39 is 53.7 Å². The maximum Gasteiger partial charge on any atom is 0.408 e. The third-order valence-electron chi connectivity index (χ3n) is 7.29. The van der Waals surface area contributed by atoms with Crippen LogP contribution in [-0.4, -0.2) is 40.3 Å². The Morgan fingerprint density at radius 1 is 1.03 bits per heavy atom. The molecule has 0 fully saturated rings.